The van der Waals surface area contributed by atoms with E-state index >= 15 is 0 Å². The molecule has 1 aliphatic rings. The molecular formula is C13H25N3O3. The molecule has 1 aliphatic heterocycles. The Morgan fingerprint density at radius 1 is 1.21 bits per heavy atom. The first-order valence-electron chi connectivity index (χ1n) is 6.77. The van der Waals surface area contributed by atoms with Gasteiger partial charge in [0, 0.05) is 26.2 Å². The lowest BCUT2D eigenvalue weighted by Crippen LogP contribution is -2.54. The van der Waals surface area contributed by atoms with Crippen LogP contribution in [-0.4, -0.2) is 67.6 Å². The summed E-state index contributed by atoms with van der Waals surface area (Å²) in [7, 11) is 1.38. The van der Waals surface area contributed by atoms with Crippen LogP contribution >= 0.6 is 0 Å². The van der Waals surface area contributed by atoms with E-state index in [-0.39, 0.29) is 18.4 Å². The van der Waals surface area contributed by atoms with E-state index in [9.17, 15) is 9.59 Å². The van der Waals surface area contributed by atoms with Gasteiger partial charge in [0.15, 0.2) is 0 Å². The van der Waals surface area contributed by atoms with Crippen LogP contribution in [0.15, 0.2) is 0 Å². The smallest absolute Gasteiger partial charge is 0.319 e. The number of piperazine rings is 1. The Kier molecular flexibility index (Phi) is 6.24. The predicted molar refractivity (Wildman–Crippen MR) is 72.5 cm³/mol. The molecule has 1 fully saturated rings. The van der Waals surface area contributed by atoms with Crippen molar-refractivity contribution in [3.05, 3.63) is 0 Å². The van der Waals surface area contributed by atoms with E-state index in [1.165, 1.54) is 7.11 Å². The molecule has 0 spiro atoms. The molecule has 6 nitrogen and oxygen atoms in total. The van der Waals surface area contributed by atoms with Gasteiger partial charge in [-0.3, -0.25) is 14.5 Å². The monoisotopic (exact) mass is 271 g/mol. The summed E-state index contributed by atoms with van der Waals surface area (Å²) in [6.07, 6.45) is 0.710. The third kappa shape index (κ3) is 5.16. The zero-order chi connectivity index (χ0) is 14.4. The topological polar surface area (TPSA) is 75.9 Å². The van der Waals surface area contributed by atoms with Crippen LogP contribution in [0.3, 0.4) is 0 Å². The summed E-state index contributed by atoms with van der Waals surface area (Å²) in [5.41, 5.74) is 5.91. The van der Waals surface area contributed by atoms with Crippen LogP contribution in [0, 0.1) is 5.92 Å². The maximum Gasteiger partial charge on any atom is 0.319 e. The van der Waals surface area contributed by atoms with Crippen molar-refractivity contribution in [2.24, 2.45) is 11.7 Å². The van der Waals surface area contributed by atoms with Crippen molar-refractivity contribution in [3.63, 3.8) is 0 Å². The van der Waals surface area contributed by atoms with Crippen molar-refractivity contribution < 1.29 is 14.3 Å². The number of nitrogens with two attached hydrogens (primary N) is 1. The fourth-order valence-electron chi connectivity index (χ4n) is 2.22. The molecule has 0 aliphatic carbocycles. The minimum absolute atomic E-state index is 0.0198. The summed E-state index contributed by atoms with van der Waals surface area (Å²) in [5.74, 6) is 0.197. The highest BCUT2D eigenvalue weighted by atomic mass is 16.5. The van der Waals surface area contributed by atoms with Crippen LogP contribution in [0.4, 0.5) is 0 Å². The Morgan fingerprint density at radius 3 is 2.26 bits per heavy atom. The molecule has 0 bridgehead atoms. The largest absolute Gasteiger partial charge is 0.468 e. The fraction of sp³-hybridized carbons (Fsp3) is 0.846. The molecular weight excluding hydrogens is 246 g/mol. The van der Waals surface area contributed by atoms with Gasteiger partial charge in [0.25, 0.3) is 0 Å². The maximum atomic E-state index is 12.1. The molecule has 0 unspecified atom stereocenters. The van der Waals surface area contributed by atoms with E-state index in [0.717, 1.165) is 0 Å². The van der Waals surface area contributed by atoms with Crippen molar-refractivity contribution >= 4 is 11.9 Å². The number of ether oxygens (including phenoxy) is 1. The summed E-state index contributed by atoms with van der Waals surface area (Å²) in [6, 6.07) is -0.410. The number of carbonyl (C=O) groups is 2. The maximum absolute atomic E-state index is 12.1. The molecule has 110 valence electrons. The van der Waals surface area contributed by atoms with E-state index < -0.39 is 6.04 Å². The molecule has 0 saturated carbocycles. The Morgan fingerprint density at radius 2 is 1.79 bits per heavy atom. The van der Waals surface area contributed by atoms with Gasteiger partial charge in [-0.1, -0.05) is 13.8 Å². The number of rotatable bonds is 5. The number of esters is 1. The third-order valence-corrected chi connectivity index (χ3v) is 3.31. The van der Waals surface area contributed by atoms with Crippen molar-refractivity contribution in [1.29, 1.82) is 0 Å². The molecule has 1 saturated heterocycles. The van der Waals surface area contributed by atoms with Crippen LogP contribution in [0.1, 0.15) is 20.3 Å². The molecule has 2 N–H and O–H groups in total. The Hall–Kier alpha value is -1.14. The number of carbonyl (C=O) groups excluding carboxylic acids is 2. The first-order valence-corrected chi connectivity index (χ1v) is 6.77. The van der Waals surface area contributed by atoms with E-state index in [1.807, 2.05) is 4.90 Å². The number of methoxy groups -OCH3 is 1. The second kappa shape index (κ2) is 7.45. The van der Waals surface area contributed by atoms with Gasteiger partial charge in [0.05, 0.1) is 19.7 Å². The molecule has 1 heterocycles. The Labute approximate surface area is 114 Å². The van der Waals surface area contributed by atoms with E-state index in [2.05, 4.69) is 18.6 Å². The first-order chi connectivity index (χ1) is 8.93. The van der Waals surface area contributed by atoms with Crippen molar-refractivity contribution in [1.82, 2.24) is 9.80 Å². The summed E-state index contributed by atoms with van der Waals surface area (Å²) >= 11 is 0. The van der Waals surface area contributed by atoms with E-state index in [1.54, 1.807) is 4.90 Å². The molecule has 19 heavy (non-hydrogen) atoms. The Bertz CT molecular complexity index is 312. The molecule has 1 atom stereocenters. The van der Waals surface area contributed by atoms with E-state index in [4.69, 9.17) is 5.73 Å². The van der Waals surface area contributed by atoms with Gasteiger partial charge >= 0.3 is 5.97 Å². The predicted octanol–water partition coefficient (Wildman–Crippen LogP) is -0.323. The van der Waals surface area contributed by atoms with E-state index in [0.29, 0.717) is 38.5 Å². The molecule has 6 heteroatoms. The quantitative estimate of drug-likeness (QED) is 0.693. The molecule has 0 aromatic carbocycles. The van der Waals surface area contributed by atoms with Gasteiger partial charge in [-0.2, -0.15) is 0 Å². The second-order valence-corrected chi connectivity index (χ2v) is 5.41. The first kappa shape index (κ1) is 15.9. The van der Waals surface area contributed by atoms with Crippen LogP contribution in [-0.2, 0) is 14.3 Å². The summed E-state index contributed by atoms with van der Waals surface area (Å²) in [6.45, 7) is 7.03. The number of nitrogens with zero attached hydrogens (tertiary/aromatic N) is 2. The van der Waals surface area contributed by atoms with Gasteiger partial charge < -0.3 is 15.4 Å². The summed E-state index contributed by atoms with van der Waals surface area (Å²) < 4.78 is 4.63. The van der Waals surface area contributed by atoms with Crippen LogP contribution in [0.5, 0.6) is 0 Å². The lowest BCUT2D eigenvalue weighted by atomic mass is 10.0. The number of hydrogen-bond acceptors (Lipinski definition) is 5. The molecule has 0 aromatic heterocycles. The van der Waals surface area contributed by atoms with Crippen molar-refractivity contribution in [2.75, 3.05) is 39.8 Å². The van der Waals surface area contributed by atoms with Crippen molar-refractivity contribution in [2.45, 2.75) is 26.3 Å². The number of hydrogen-bond donors (Lipinski definition) is 1. The summed E-state index contributed by atoms with van der Waals surface area (Å²) in [4.78, 5) is 27.1. The summed E-state index contributed by atoms with van der Waals surface area (Å²) in [5, 5.41) is 0. The zero-order valence-corrected chi connectivity index (χ0v) is 12.1. The van der Waals surface area contributed by atoms with Gasteiger partial charge in [-0.25, -0.2) is 0 Å². The third-order valence-electron chi connectivity index (χ3n) is 3.31. The lowest BCUT2D eigenvalue weighted by Gasteiger charge is -2.35. The SMILES string of the molecule is COC(=O)CN1CCN(C(=O)[C@H](N)CC(C)C)CC1. The van der Waals surface area contributed by atoms with Crippen LogP contribution in [0.2, 0.25) is 0 Å². The number of amides is 1. The highest BCUT2D eigenvalue weighted by molar-refractivity contribution is 5.81. The average Bonchev–Trinajstić information content (AvgIpc) is 2.37. The van der Waals surface area contributed by atoms with Gasteiger partial charge in [0.1, 0.15) is 0 Å². The van der Waals surface area contributed by atoms with Crippen molar-refractivity contribution in [3.8, 4) is 0 Å². The highest BCUT2D eigenvalue weighted by Gasteiger charge is 2.26. The molecule has 1 rings (SSSR count). The molecule has 1 amide bonds. The minimum atomic E-state index is -0.410. The fourth-order valence-corrected chi connectivity index (χ4v) is 2.22. The zero-order valence-electron chi connectivity index (χ0n) is 12.1. The lowest BCUT2D eigenvalue weighted by molar-refractivity contribution is -0.143. The normalized spacial score (nSPS) is 18.5. The minimum Gasteiger partial charge on any atom is -0.468 e. The molecule has 0 aromatic rings. The second-order valence-electron chi connectivity index (χ2n) is 5.41. The molecule has 0 radical (unpaired) electrons. The average molecular weight is 271 g/mol. The highest BCUT2D eigenvalue weighted by Crippen LogP contribution is 2.08. The Balaban J connectivity index is 2.36. The van der Waals surface area contributed by atoms with Gasteiger partial charge in [-0.15, -0.1) is 0 Å². The van der Waals surface area contributed by atoms with Crippen LogP contribution in [0.25, 0.3) is 0 Å². The standard InChI is InChI=1S/C13H25N3O3/c1-10(2)8-11(14)13(18)16-6-4-15(5-7-16)9-12(17)19-3/h10-11H,4-9,14H2,1-3H3/t11-/m1/s1. The van der Waals surface area contributed by atoms with Crippen LogP contribution < -0.4 is 5.73 Å². The van der Waals surface area contributed by atoms with Gasteiger partial charge in [0.2, 0.25) is 5.91 Å². The van der Waals surface area contributed by atoms with Gasteiger partial charge in [-0.05, 0) is 12.3 Å².